The molecule has 0 spiro atoms. The van der Waals surface area contributed by atoms with Crippen LogP contribution in [-0.2, 0) is 9.53 Å². The largest absolute Gasteiger partial charge is 0.463 e. The van der Waals surface area contributed by atoms with Crippen molar-refractivity contribution in [3.8, 4) is 0 Å². The van der Waals surface area contributed by atoms with Gasteiger partial charge in [-0.3, -0.25) is 9.36 Å². The Morgan fingerprint density at radius 3 is 2.55 bits per heavy atom. The zero-order chi connectivity index (χ0) is 23.7. The second-order valence-electron chi connectivity index (χ2n) is 7.81. The Balaban J connectivity index is 1.95. The van der Waals surface area contributed by atoms with Crippen LogP contribution in [0.5, 0.6) is 0 Å². The van der Waals surface area contributed by atoms with Crippen LogP contribution in [0.2, 0.25) is 5.02 Å². The molecule has 2 heterocycles. The van der Waals surface area contributed by atoms with E-state index in [0.29, 0.717) is 25.6 Å². The number of benzene rings is 2. The molecule has 0 radical (unpaired) electrons. The number of hydrogen-bond acceptors (Lipinski definition) is 6. The number of thiazole rings is 1. The molecule has 0 saturated carbocycles. The lowest BCUT2D eigenvalue weighted by molar-refractivity contribution is -0.139. The van der Waals surface area contributed by atoms with Crippen molar-refractivity contribution >= 4 is 40.7 Å². The van der Waals surface area contributed by atoms with Gasteiger partial charge in [-0.1, -0.05) is 53.3 Å². The van der Waals surface area contributed by atoms with Crippen LogP contribution in [0.15, 0.2) is 69.6 Å². The lowest BCUT2D eigenvalue weighted by Crippen LogP contribution is -2.39. The molecular weight excluding hydrogens is 458 g/mol. The molecule has 0 saturated heterocycles. The summed E-state index contributed by atoms with van der Waals surface area (Å²) in [5.74, 6) is -0.471. The zero-order valence-corrected chi connectivity index (χ0v) is 20.4. The fraction of sp³-hybridized carbons (Fsp3) is 0.240. The third-order valence-corrected chi connectivity index (χ3v) is 6.76. The third kappa shape index (κ3) is 4.38. The Bertz CT molecular complexity index is 1420. The standard InChI is InChI=1S/C25H24ClN3O3S/c1-5-32-24(31)21-15(2)27-25-29(22(21)16-10-12-18(13-11-16)28(3)4)23(30)20(33-25)14-17-8-6-7-9-19(17)26/h6-14,22H,5H2,1-4H3/b20-14-. The quantitative estimate of drug-likeness (QED) is 0.523. The predicted octanol–water partition coefficient (Wildman–Crippen LogP) is 3.52. The zero-order valence-electron chi connectivity index (χ0n) is 18.8. The number of hydrogen-bond donors (Lipinski definition) is 0. The van der Waals surface area contributed by atoms with Crippen LogP contribution < -0.4 is 19.8 Å². The van der Waals surface area contributed by atoms with E-state index in [1.54, 1.807) is 30.6 Å². The number of halogens is 1. The average Bonchev–Trinajstić information content (AvgIpc) is 3.09. The molecule has 0 bridgehead atoms. The maximum atomic E-state index is 13.6. The summed E-state index contributed by atoms with van der Waals surface area (Å²) in [5, 5.41) is 0.558. The summed E-state index contributed by atoms with van der Waals surface area (Å²) in [5.41, 5.74) is 3.26. The maximum absolute atomic E-state index is 13.6. The number of carbonyl (C=O) groups excluding carboxylic acids is 1. The highest BCUT2D eigenvalue weighted by Crippen LogP contribution is 2.31. The Kier molecular flexibility index (Phi) is 6.54. The fourth-order valence-electron chi connectivity index (χ4n) is 3.80. The van der Waals surface area contributed by atoms with Crippen molar-refractivity contribution in [3.63, 3.8) is 0 Å². The summed E-state index contributed by atoms with van der Waals surface area (Å²) in [7, 11) is 3.92. The van der Waals surface area contributed by atoms with E-state index < -0.39 is 12.0 Å². The summed E-state index contributed by atoms with van der Waals surface area (Å²) < 4.78 is 7.41. The van der Waals surface area contributed by atoms with Gasteiger partial charge >= 0.3 is 5.97 Å². The fourth-order valence-corrected chi connectivity index (χ4v) is 5.02. The van der Waals surface area contributed by atoms with Crippen molar-refractivity contribution in [2.75, 3.05) is 25.6 Å². The van der Waals surface area contributed by atoms with E-state index in [-0.39, 0.29) is 12.2 Å². The third-order valence-electron chi connectivity index (χ3n) is 5.43. The van der Waals surface area contributed by atoms with Crippen LogP contribution in [-0.4, -0.2) is 31.2 Å². The smallest absolute Gasteiger partial charge is 0.338 e. The van der Waals surface area contributed by atoms with E-state index >= 15 is 0 Å². The van der Waals surface area contributed by atoms with Crippen molar-refractivity contribution in [3.05, 3.63) is 95.6 Å². The minimum Gasteiger partial charge on any atom is -0.463 e. The van der Waals surface area contributed by atoms with Gasteiger partial charge < -0.3 is 9.64 Å². The molecule has 0 aliphatic carbocycles. The highest BCUT2D eigenvalue weighted by molar-refractivity contribution is 7.07. The van der Waals surface area contributed by atoms with Crippen molar-refractivity contribution in [1.29, 1.82) is 0 Å². The molecule has 0 fully saturated rings. The lowest BCUT2D eigenvalue weighted by atomic mass is 9.95. The predicted molar refractivity (Wildman–Crippen MR) is 133 cm³/mol. The van der Waals surface area contributed by atoms with Crippen LogP contribution in [0.4, 0.5) is 5.69 Å². The number of ether oxygens (including phenoxy) is 1. The molecule has 1 aliphatic heterocycles. The van der Waals surface area contributed by atoms with E-state index in [2.05, 4.69) is 4.99 Å². The molecule has 4 rings (SSSR count). The Morgan fingerprint density at radius 1 is 1.21 bits per heavy atom. The number of nitrogens with zero attached hydrogens (tertiary/aromatic N) is 3. The number of allylic oxidation sites excluding steroid dienone is 1. The van der Waals surface area contributed by atoms with Gasteiger partial charge in [0.1, 0.15) is 0 Å². The monoisotopic (exact) mass is 481 g/mol. The van der Waals surface area contributed by atoms with Crippen LogP contribution >= 0.6 is 22.9 Å². The molecule has 33 heavy (non-hydrogen) atoms. The van der Waals surface area contributed by atoms with Gasteiger partial charge in [-0.25, -0.2) is 9.79 Å². The number of aromatic nitrogens is 1. The first-order valence-corrected chi connectivity index (χ1v) is 11.7. The van der Waals surface area contributed by atoms with Crippen LogP contribution in [0.1, 0.15) is 31.0 Å². The molecule has 2 aromatic carbocycles. The first kappa shape index (κ1) is 23.0. The lowest BCUT2D eigenvalue weighted by Gasteiger charge is -2.25. The minimum atomic E-state index is -0.634. The van der Waals surface area contributed by atoms with Crippen molar-refractivity contribution in [2.45, 2.75) is 19.9 Å². The summed E-state index contributed by atoms with van der Waals surface area (Å²) in [6, 6.07) is 14.5. The van der Waals surface area contributed by atoms with E-state index in [0.717, 1.165) is 16.8 Å². The van der Waals surface area contributed by atoms with Crippen LogP contribution in [0.25, 0.3) is 6.08 Å². The number of carbonyl (C=O) groups is 1. The van der Waals surface area contributed by atoms with Crippen molar-refractivity contribution < 1.29 is 9.53 Å². The van der Waals surface area contributed by atoms with Gasteiger partial charge in [0, 0.05) is 24.8 Å². The first-order chi connectivity index (χ1) is 15.8. The molecule has 1 unspecified atom stereocenters. The Hall–Kier alpha value is -3.16. The molecular formula is C25H24ClN3O3S. The van der Waals surface area contributed by atoms with E-state index in [9.17, 15) is 9.59 Å². The van der Waals surface area contributed by atoms with E-state index in [1.807, 2.05) is 61.5 Å². The molecule has 8 heteroatoms. The summed E-state index contributed by atoms with van der Waals surface area (Å²) in [6.07, 6.45) is 1.77. The molecule has 1 aliphatic rings. The maximum Gasteiger partial charge on any atom is 0.338 e. The average molecular weight is 482 g/mol. The number of rotatable bonds is 5. The van der Waals surface area contributed by atoms with Gasteiger partial charge in [0.05, 0.1) is 28.5 Å². The number of esters is 1. The van der Waals surface area contributed by atoms with Crippen LogP contribution in [0.3, 0.4) is 0 Å². The van der Waals surface area contributed by atoms with Gasteiger partial charge in [-0.2, -0.15) is 0 Å². The Morgan fingerprint density at radius 2 is 1.91 bits per heavy atom. The van der Waals surface area contributed by atoms with Gasteiger partial charge in [0.2, 0.25) is 0 Å². The minimum absolute atomic E-state index is 0.227. The Labute approximate surface area is 200 Å². The van der Waals surface area contributed by atoms with Gasteiger partial charge in [-0.15, -0.1) is 0 Å². The second-order valence-corrected chi connectivity index (χ2v) is 9.23. The van der Waals surface area contributed by atoms with Crippen molar-refractivity contribution in [1.82, 2.24) is 4.57 Å². The number of anilines is 1. The highest BCUT2D eigenvalue weighted by atomic mass is 35.5. The summed E-state index contributed by atoms with van der Waals surface area (Å²) >= 11 is 7.59. The SMILES string of the molecule is CCOC(=O)C1=C(C)N=c2s/c(=C\c3ccccc3Cl)c(=O)n2C1c1ccc(N(C)C)cc1. The summed E-state index contributed by atoms with van der Waals surface area (Å²) in [6.45, 7) is 3.77. The molecule has 6 nitrogen and oxygen atoms in total. The normalized spacial score (nSPS) is 15.8. The van der Waals surface area contributed by atoms with Gasteiger partial charge in [0.15, 0.2) is 4.80 Å². The molecule has 1 aromatic heterocycles. The highest BCUT2D eigenvalue weighted by Gasteiger charge is 2.33. The molecule has 170 valence electrons. The van der Waals surface area contributed by atoms with E-state index in [4.69, 9.17) is 16.3 Å². The number of fused-ring (bicyclic) bond motifs is 1. The molecule has 0 N–H and O–H groups in total. The van der Waals surface area contributed by atoms with Crippen LogP contribution in [0, 0.1) is 0 Å². The first-order valence-electron chi connectivity index (χ1n) is 10.5. The van der Waals surface area contributed by atoms with Gasteiger partial charge in [-0.05, 0) is 49.2 Å². The molecule has 1 atom stereocenters. The second kappa shape index (κ2) is 9.37. The summed E-state index contributed by atoms with van der Waals surface area (Å²) in [4.78, 5) is 33.6. The molecule has 3 aromatic rings. The molecule has 0 amide bonds. The van der Waals surface area contributed by atoms with Gasteiger partial charge in [0.25, 0.3) is 5.56 Å². The van der Waals surface area contributed by atoms with Crippen molar-refractivity contribution in [2.24, 2.45) is 4.99 Å². The van der Waals surface area contributed by atoms with E-state index in [1.165, 1.54) is 11.3 Å². The topological polar surface area (TPSA) is 63.9 Å².